The van der Waals surface area contributed by atoms with E-state index in [9.17, 15) is 0 Å². The fourth-order valence-corrected chi connectivity index (χ4v) is 37.8. The first-order valence-electron chi connectivity index (χ1n) is 18.8. The molecule has 3 aliphatic rings. The largest absolute Gasteiger partial charge is 1.00 e. The van der Waals surface area contributed by atoms with Crippen LogP contribution in [0.4, 0.5) is 0 Å². The first-order chi connectivity index (χ1) is 24.2. The van der Waals surface area contributed by atoms with E-state index in [0.29, 0.717) is 7.35 Å². The molecule has 256 valence electrons. The van der Waals surface area contributed by atoms with E-state index in [4.69, 9.17) is 0 Å². The quantitative estimate of drug-likeness (QED) is 0.122. The smallest absolute Gasteiger partial charge is 1.00 e. The van der Waals surface area contributed by atoms with Crippen molar-refractivity contribution in [1.82, 2.24) is 0 Å². The van der Waals surface area contributed by atoms with Crippen LogP contribution >= 0.6 is 0 Å². The van der Waals surface area contributed by atoms with Crippen molar-refractivity contribution >= 4 is 33.7 Å². The Hall–Kier alpha value is -3.23. The van der Waals surface area contributed by atoms with E-state index in [1.807, 2.05) is 0 Å². The minimum Gasteiger partial charge on any atom is -1.00 e. The Morgan fingerprint density at radius 3 is 1.29 bits per heavy atom. The summed E-state index contributed by atoms with van der Waals surface area (Å²) in [6, 6.07) is 46.3. The van der Waals surface area contributed by atoms with Crippen molar-refractivity contribution in [3.05, 3.63) is 155 Å². The van der Waals surface area contributed by atoms with Crippen LogP contribution < -0.4 is 24.8 Å². The van der Waals surface area contributed by atoms with Crippen molar-refractivity contribution < 1.29 is 44.8 Å². The van der Waals surface area contributed by atoms with Crippen molar-refractivity contribution in [3.8, 4) is 22.3 Å². The summed E-state index contributed by atoms with van der Waals surface area (Å²) >= 11 is -3.03. The summed E-state index contributed by atoms with van der Waals surface area (Å²) in [5.41, 5.74) is 15.6. The molecule has 0 N–H and O–H groups in total. The van der Waals surface area contributed by atoms with Crippen LogP contribution in [0.25, 0.3) is 56.0 Å². The number of fused-ring (bicyclic) bond motifs is 4. The maximum atomic E-state index is 2.70. The van der Waals surface area contributed by atoms with Crippen molar-refractivity contribution in [2.45, 2.75) is 68.1 Å². The summed E-state index contributed by atoms with van der Waals surface area (Å²) in [5, 5.41) is 5.39. The molecule has 0 aromatic heterocycles. The van der Waals surface area contributed by atoms with Crippen LogP contribution in [0.2, 0.25) is 8.35 Å². The van der Waals surface area contributed by atoms with Crippen LogP contribution in [0.5, 0.6) is 0 Å². The van der Waals surface area contributed by atoms with Gasteiger partial charge in [0.25, 0.3) is 0 Å². The van der Waals surface area contributed by atoms with Crippen molar-refractivity contribution in [2.24, 2.45) is 0 Å². The Kier molecular flexibility index (Phi) is 10.6. The zero-order chi connectivity index (χ0) is 33.0. The van der Waals surface area contributed by atoms with Gasteiger partial charge in [0.1, 0.15) is 0 Å². The molecule has 0 amide bonds. The molecule has 2 atom stereocenters. The van der Waals surface area contributed by atoms with Gasteiger partial charge in [0.15, 0.2) is 0 Å². The predicted molar refractivity (Wildman–Crippen MR) is 209 cm³/mol. The number of benzene rings is 6. The Morgan fingerprint density at radius 1 is 0.471 bits per heavy atom. The van der Waals surface area contributed by atoms with Crippen molar-refractivity contribution in [3.63, 3.8) is 0 Å². The van der Waals surface area contributed by atoms with E-state index in [1.54, 1.807) is 22.3 Å². The van der Waals surface area contributed by atoms with E-state index in [2.05, 4.69) is 147 Å². The molecule has 1 aliphatic heterocycles. The molecule has 1 fully saturated rings. The molecule has 1 saturated heterocycles. The molecule has 1 heterocycles. The minimum atomic E-state index is -3.03. The SMILES string of the molecule is CCCCC1=Cc2c(-c3cccc4ccccc34)cccc2[CH]1[Hf+2]1([CH]2C(CCCC)=Cc3c(-c4cccc5ccccc45)cccc32)[CH2][CH2]1.[Cl-].[Cl-]. The van der Waals surface area contributed by atoms with E-state index in [0.717, 1.165) is 0 Å². The van der Waals surface area contributed by atoms with Gasteiger partial charge < -0.3 is 24.8 Å². The van der Waals surface area contributed by atoms with Gasteiger partial charge in [-0.3, -0.25) is 0 Å². The van der Waals surface area contributed by atoms with Gasteiger partial charge in [0.05, 0.1) is 0 Å². The van der Waals surface area contributed by atoms with E-state index >= 15 is 0 Å². The average molecular weight is 872 g/mol. The number of hydrogen-bond acceptors (Lipinski definition) is 0. The van der Waals surface area contributed by atoms with Crippen LogP contribution in [-0.2, 0) is 20.0 Å². The number of rotatable bonds is 10. The Labute approximate surface area is 321 Å². The first-order valence-corrected chi connectivity index (χ1v) is 28.1. The number of allylic oxidation sites excluding steroid dienone is 2. The second-order valence-corrected chi connectivity index (χ2v) is 31.5. The molecule has 2 aliphatic carbocycles. The summed E-state index contributed by atoms with van der Waals surface area (Å²) in [7, 11) is 0. The predicted octanol–water partition coefficient (Wildman–Crippen LogP) is 8.30. The third kappa shape index (κ3) is 6.12. The fraction of sp³-hybridized carbons (Fsp3) is 0.250. The maximum Gasteiger partial charge on any atom is -1.00 e. The molecule has 0 spiro atoms. The average Bonchev–Trinajstić information content (AvgIpc) is 3.69. The molecule has 3 heteroatoms. The summed E-state index contributed by atoms with van der Waals surface area (Å²) in [5.74, 6) is 0. The molecule has 0 radical (unpaired) electrons. The Morgan fingerprint density at radius 2 is 0.863 bits per heavy atom. The normalized spacial score (nSPS) is 17.4. The number of halogens is 2. The van der Waals surface area contributed by atoms with Crippen molar-refractivity contribution in [2.75, 3.05) is 0 Å². The van der Waals surface area contributed by atoms with Crippen LogP contribution in [-0.4, -0.2) is 0 Å². The molecule has 0 saturated carbocycles. The molecular formula is C48H46Cl2Hf. The van der Waals surface area contributed by atoms with Gasteiger partial charge >= 0.3 is 299 Å². The van der Waals surface area contributed by atoms with Gasteiger partial charge in [-0.25, -0.2) is 0 Å². The third-order valence-corrected chi connectivity index (χ3v) is 31.2. The van der Waals surface area contributed by atoms with Crippen LogP contribution in [0, 0.1) is 0 Å². The zero-order valence-corrected chi connectivity index (χ0v) is 34.9. The van der Waals surface area contributed by atoms with Gasteiger partial charge in [0, 0.05) is 0 Å². The zero-order valence-electron chi connectivity index (χ0n) is 29.8. The Bertz CT molecular complexity index is 2120. The molecule has 0 bridgehead atoms. The second kappa shape index (κ2) is 15.0. The first kappa shape index (κ1) is 36.1. The second-order valence-electron chi connectivity index (χ2n) is 14.9. The van der Waals surface area contributed by atoms with Gasteiger partial charge in [-0.1, -0.05) is 0 Å². The van der Waals surface area contributed by atoms with Gasteiger partial charge in [-0.05, 0) is 0 Å². The maximum absolute atomic E-state index is 3.03. The number of hydrogen-bond donors (Lipinski definition) is 0. The van der Waals surface area contributed by atoms with Crippen molar-refractivity contribution in [1.29, 1.82) is 0 Å². The Balaban J connectivity index is 0.00000203. The van der Waals surface area contributed by atoms with Gasteiger partial charge in [-0.15, -0.1) is 0 Å². The standard InChI is InChI=1S/2C23H21.C2H4.2ClH.Hf/c2*1-2-3-8-17-15-19-11-7-14-22(23(19)16-17)21-13-6-10-18-9-4-5-12-20(18)21;1-2;;;/h2*4-7,9-16H,2-3,8H2,1H3;1-2H2;2*1H;/q;;;;;+2/p-2. The van der Waals surface area contributed by atoms with Gasteiger partial charge in [-0.2, -0.15) is 0 Å². The molecule has 6 aromatic carbocycles. The molecule has 9 rings (SSSR count). The summed E-state index contributed by atoms with van der Waals surface area (Å²) in [6.45, 7) is 4.73. The van der Waals surface area contributed by atoms with Crippen LogP contribution in [0.15, 0.2) is 132 Å². The monoisotopic (exact) mass is 872 g/mol. The van der Waals surface area contributed by atoms with Crippen LogP contribution in [0.3, 0.4) is 0 Å². The summed E-state index contributed by atoms with van der Waals surface area (Å²) in [4.78, 5) is 0. The number of unbranched alkanes of at least 4 members (excludes halogenated alkanes) is 2. The minimum absolute atomic E-state index is 0. The van der Waals surface area contributed by atoms with Gasteiger partial charge in [0.2, 0.25) is 0 Å². The third-order valence-electron chi connectivity index (χ3n) is 12.1. The topological polar surface area (TPSA) is 0 Å². The molecule has 0 nitrogen and oxygen atoms in total. The summed E-state index contributed by atoms with van der Waals surface area (Å²) in [6.07, 6.45) is 13.0. The molecular weight excluding hydrogens is 826 g/mol. The van der Waals surface area contributed by atoms with Crippen LogP contribution in [0.1, 0.15) is 82.0 Å². The molecule has 51 heavy (non-hydrogen) atoms. The summed E-state index contributed by atoms with van der Waals surface area (Å²) < 4.78 is 4.41. The van der Waals surface area contributed by atoms with E-state index in [-0.39, 0.29) is 24.8 Å². The fourth-order valence-electron chi connectivity index (χ4n) is 9.76. The van der Waals surface area contributed by atoms with E-state index < -0.39 is 20.0 Å². The molecule has 2 unspecified atom stereocenters. The van der Waals surface area contributed by atoms with E-state index in [1.165, 1.54) is 102 Å². The molecule has 6 aromatic rings.